The van der Waals surface area contributed by atoms with Crippen LogP contribution >= 0.6 is 7.82 Å². The minimum absolute atomic E-state index is 0.0862. The summed E-state index contributed by atoms with van der Waals surface area (Å²) in [6.45, 7) is 5.57. The Balaban J connectivity index is 4.25. The highest BCUT2D eigenvalue weighted by atomic mass is 31.2. The van der Waals surface area contributed by atoms with Crippen LogP contribution in [-0.2, 0) is 27.9 Å². The molecule has 0 amide bonds. The molecule has 2 unspecified atom stereocenters. The van der Waals surface area contributed by atoms with Gasteiger partial charge in [-0.1, -0.05) is 147 Å². The highest BCUT2D eigenvalue weighted by Crippen LogP contribution is 2.43. The van der Waals surface area contributed by atoms with Crippen LogP contribution in [-0.4, -0.2) is 75.6 Å². The van der Waals surface area contributed by atoms with Gasteiger partial charge in [0, 0.05) is 13.0 Å². The van der Waals surface area contributed by atoms with E-state index in [-0.39, 0.29) is 25.8 Å². The first-order chi connectivity index (χ1) is 24.6. The summed E-state index contributed by atoms with van der Waals surface area (Å²) in [6, 6.07) is 0. The minimum atomic E-state index is -4.27. The summed E-state index contributed by atoms with van der Waals surface area (Å²) in [5, 5.41) is 0. The molecule has 0 aromatic heterocycles. The molecule has 0 radical (unpaired) electrons. The van der Waals surface area contributed by atoms with Crippen molar-refractivity contribution in [3.63, 3.8) is 0 Å². The third-order valence-corrected chi connectivity index (χ3v) is 9.69. The van der Waals surface area contributed by atoms with Crippen LogP contribution in [0.1, 0.15) is 168 Å². The molecular formula is C42H81NO7P+. The zero-order chi connectivity index (χ0) is 37.7. The number of carbonyl (C=O) groups excluding carboxylic acids is 1. The number of hydrogen-bond acceptors (Lipinski definition) is 6. The van der Waals surface area contributed by atoms with Crippen LogP contribution in [0.4, 0.5) is 0 Å². The van der Waals surface area contributed by atoms with Gasteiger partial charge in [0.05, 0.1) is 34.4 Å². The smallest absolute Gasteiger partial charge is 0.457 e. The molecule has 51 heavy (non-hydrogen) atoms. The Morgan fingerprint density at radius 3 is 1.65 bits per heavy atom. The molecule has 0 rings (SSSR count). The van der Waals surface area contributed by atoms with Gasteiger partial charge < -0.3 is 18.9 Å². The van der Waals surface area contributed by atoms with Crippen LogP contribution in [0.5, 0.6) is 0 Å². The maximum Gasteiger partial charge on any atom is 0.472 e. The third kappa shape index (κ3) is 39.8. The molecule has 0 saturated heterocycles. The maximum atomic E-state index is 12.6. The van der Waals surface area contributed by atoms with Gasteiger partial charge in [0.25, 0.3) is 0 Å². The van der Waals surface area contributed by atoms with Gasteiger partial charge in [-0.15, -0.1) is 0 Å². The number of rotatable bonds is 38. The Morgan fingerprint density at radius 1 is 0.608 bits per heavy atom. The van der Waals surface area contributed by atoms with E-state index in [0.717, 1.165) is 57.8 Å². The summed E-state index contributed by atoms with van der Waals surface area (Å²) in [4.78, 5) is 22.8. The van der Waals surface area contributed by atoms with Gasteiger partial charge >= 0.3 is 13.8 Å². The van der Waals surface area contributed by atoms with E-state index in [0.29, 0.717) is 24.1 Å². The summed E-state index contributed by atoms with van der Waals surface area (Å²) in [7, 11) is 1.66. The SMILES string of the molecule is CCCCC/C=C\C/C=C\C/C=C\CCCCCCCCC(=O)OC(COCCCCCCCCCCCC)COP(=O)(O)OCC[N+](C)(C)C. The molecular weight excluding hydrogens is 661 g/mol. The molecule has 0 aromatic carbocycles. The summed E-state index contributed by atoms with van der Waals surface area (Å²) in [6.07, 6.45) is 40.2. The second-order valence-electron chi connectivity index (χ2n) is 15.0. The number of quaternary nitrogens is 1. The molecule has 300 valence electrons. The van der Waals surface area contributed by atoms with Crippen molar-refractivity contribution in [2.75, 3.05) is 54.1 Å². The number of phosphoric ester groups is 1. The van der Waals surface area contributed by atoms with E-state index >= 15 is 0 Å². The highest BCUT2D eigenvalue weighted by Gasteiger charge is 2.26. The van der Waals surface area contributed by atoms with Crippen LogP contribution in [0.25, 0.3) is 0 Å². The third-order valence-electron chi connectivity index (χ3n) is 8.70. The lowest BCUT2D eigenvalue weighted by Crippen LogP contribution is -2.37. The fraction of sp³-hybridized carbons (Fsp3) is 0.833. The van der Waals surface area contributed by atoms with Crippen molar-refractivity contribution in [2.45, 2.75) is 174 Å². The predicted molar refractivity (Wildman–Crippen MR) is 215 cm³/mol. The van der Waals surface area contributed by atoms with Crippen molar-refractivity contribution in [2.24, 2.45) is 0 Å². The fourth-order valence-electron chi connectivity index (χ4n) is 5.44. The molecule has 0 heterocycles. The average Bonchev–Trinajstić information content (AvgIpc) is 3.08. The summed E-state index contributed by atoms with van der Waals surface area (Å²) >= 11 is 0. The summed E-state index contributed by atoms with van der Waals surface area (Å²) < 4.78 is 34.9. The normalized spacial score (nSPS) is 14.2. The van der Waals surface area contributed by atoms with Crippen molar-refractivity contribution < 1.29 is 37.3 Å². The molecule has 1 N–H and O–H groups in total. The second kappa shape index (κ2) is 35.7. The quantitative estimate of drug-likeness (QED) is 0.0221. The van der Waals surface area contributed by atoms with E-state index in [1.165, 1.54) is 89.9 Å². The number of phosphoric acid groups is 1. The van der Waals surface area contributed by atoms with Crippen molar-refractivity contribution in [3.8, 4) is 0 Å². The fourth-order valence-corrected chi connectivity index (χ4v) is 6.18. The van der Waals surface area contributed by atoms with Crippen molar-refractivity contribution in [3.05, 3.63) is 36.5 Å². The number of hydrogen-bond donors (Lipinski definition) is 1. The molecule has 9 heteroatoms. The lowest BCUT2D eigenvalue weighted by molar-refractivity contribution is -0.870. The van der Waals surface area contributed by atoms with Gasteiger partial charge in [-0.25, -0.2) is 4.57 Å². The Labute approximate surface area is 315 Å². The molecule has 0 aliphatic rings. The Kier molecular flexibility index (Phi) is 34.8. The highest BCUT2D eigenvalue weighted by molar-refractivity contribution is 7.47. The minimum Gasteiger partial charge on any atom is -0.457 e. The van der Waals surface area contributed by atoms with E-state index < -0.39 is 13.9 Å². The summed E-state index contributed by atoms with van der Waals surface area (Å²) in [5.41, 5.74) is 0. The number of nitrogens with zero attached hydrogens (tertiary/aromatic N) is 1. The number of unbranched alkanes of at least 4 members (excludes halogenated alkanes) is 18. The second-order valence-corrected chi connectivity index (χ2v) is 16.5. The lowest BCUT2D eigenvalue weighted by Gasteiger charge is -2.24. The molecule has 0 aliphatic heterocycles. The summed E-state index contributed by atoms with van der Waals surface area (Å²) in [5.74, 6) is -0.327. The van der Waals surface area contributed by atoms with Gasteiger partial charge in [-0.05, 0) is 51.4 Å². The number of allylic oxidation sites excluding steroid dienone is 6. The maximum absolute atomic E-state index is 12.6. The Morgan fingerprint density at radius 2 is 1.08 bits per heavy atom. The van der Waals surface area contributed by atoms with E-state index in [4.69, 9.17) is 18.5 Å². The monoisotopic (exact) mass is 743 g/mol. The zero-order valence-electron chi connectivity index (χ0n) is 33.8. The molecule has 0 spiro atoms. The van der Waals surface area contributed by atoms with Gasteiger partial charge in [-0.2, -0.15) is 0 Å². The zero-order valence-corrected chi connectivity index (χ0v) is 34.7. The Bertz CT molecular complexity index is 915. The molecule has 2 atom stereocenters. The lowest BCUT2D eigenvalue weighted by atomic mass is 10.1. The first kappa shape index (κ1) is 49.7. The molecule has 0 fully saturated rings. The molecule has 0 aliphatic carbocycles. The van der Waals surface area contributed by atoms with Crippen LogP contribution in [0.2, 0.25) is 0 Å². The molecule has 0 bridgehead atoms. The average molecular weight is 743 g/mol. The van der Waals surface area contributed by atoms with Crippen molar-refractivity contribution in [1.29, 1.82) is 0 Å². The van der Waals surface area contributed by atoms with Crippen LogP contribution < -0.4 is 0 Å². The van der Waals surface area contributed by atoms with E-state index in [1.54, 1.807) is 0 Å². The van der Waals surface area contributed by atoms with Crippen LogP contribution in [0.15, 0.2) is 36.5 Å². The van der Waals surface area contributed by atoms with Crippen LogP contribution in [0.3, 0.4) is 0 Å². The first-order valence-corrected chi connectivity index (χ1v) is 22.2. The van der Waals surface area contributed by atoms with Gasteiger partial charge in [0.15, 0.2) is 0 Å². The van der Waals surface area contributed by atoms with Gasteiger partial charge in [0.1, 0.15) is 19.3 Å². The van der Waals surface area contributed by atoms with Gasteiger partial charge in [-0.3, -0.25) is 13.8 Å². The largest absolute Gasteiger partial charge is 0.472 e. The standard InChI is InChI=1S/C42H80NO7P/c1-6-8-10-12-14-16-18-19-20-21-22-23-24-25-26-27-29-31-33-35-42(44)50-41(40-49-51(45,46)48-38-36-43(3,4)5)39-47-37-34-32-30-28-17-15-13-11-9-7-2/h14,16,19-20,22-23,41H,6-13,15,17-18,21,24-40H2,1-5H3/p+1/b16-14-,20-19-,23-22-. The number of esters is 1. The first-order valence-electron chi connectivity index (χ1n) is 20.7. The number of carbonyl (C=O) groups is 1. The van der Waals surface area contributed by atoms with E-state index in [1.807, 2.05) is 21.1 Å². The van der Waals surface area contributed by atoms with Gasteiger partial charge in [0.2, 0.25) is 0 Å². The van der Waals surface area contributed by atoms with E-state index in [2.05, 4.69) is 50.3 Å². The molecule has 0 aromatic rings. The Hall–Kier alpha value is -1.28. The number of likely N-dealkylation sites (N-methyl/N-ethyl adjacent to an activating group) is 1. The molecule has 8 nitrogen and oxygen atoms in total. The van der Waals surface area contributed by atoms with Crippen molar-refractivity contribution >= 4 is 13.8 Å². The van der Waals surface area contributed by atoms with Crippen LogP contribution in [0, 0.1) is 0 Å². The number of ether oxygens (including phenoxy) is 2. The molecule has 0 saturated carbocycles. The van der Waals surface area contributed by atoms with E-state index in [9.17, 15) is 14.3 Å². The predicted octanol–water partition coefficient (Wildman–Crippen LogP) is 11.8. The topological polar surface area (TPSA) is 91.3 Å². The van der Waals surface area contributed by atoms with Crippen molar-refractivity contribution in [1.82, 2.24) is 0 Å².